The molecule has 0 radical (unpaired) electrons. The number of H-pyrrole nitrogens is 2. The largest absolute Gasteiger partial charge is 0.353 e. The van der Waals surface area contributed by atoms with Crippen molar-refractivity contribution in [1.82, 2.24) is 19.9 Å². The van der Waals surface area contributed by atoms with E-state index in [0.29, 0.717) is 17.0 Å². The number of carbonyl (C=O) groups excluding carboxylic acids is 1. The zero-order valence-electron chi connectivity index (χ0n) is 14.6. The van der Waals surface area contributed by atoms with Crippen molar-refractivity contribution in [3.8, 4) is 11.4 Å². The van der Waals surface area contributed by atoms with E-state index in [1.54, 1.807) is 0 Å². The van der Waals surface area contributed by atoms with Crippen LogP contribution in [0.3, 0.4) is 0 Å². The highest BCUT2D eigenvalue weighted by Gasteiger charge is 2.19. The average Bonchev–Trinajstić information content (AvgIpc) is 3.32. The number of benzene rings is 1. The molecule has 1 amide bonds. The Morgan fingerprint density at radius 2 is 1.89 bits per heavy atom. The number of piperidine rings is 1. The lowest BCUT2D eigenvalue weighted by Crippen LogP contribution is -2.35. The summed E-state index contributed by atoms with van der Waals surface area (Å²) < 4.78 is 0. The number of fused-ring (bicyclic) bond motifs is 2. The third-order valence-corrected chi connectivity index (χ3v) is 5.83. The van der Waals surface area contributed by atoms with Crippen LogP contribution in [0.25, 0.3) is 33.3 Å². The van der Waals surface area contributed by atoms with Crippen LogP contribution in [0.15, 0.2) is 39.8 Å². The zero-order chi connectivity index (χ0) is 18.4. The van der Waals surface area contributed by atoms with Gasteiger partial charge in [-0.25, -0.2) is 4.98 Å². The molecule has 0 spiro atoms. The summed E-state index contributed by atoms with van der Waals surface area (Å²) in [6.07, 6.45) is 3.34. The van der Waals surface area contributed by atoms with Gasteiger partial charge in [0.15, 0.2) is 5.69 Å². The fourth-order valence-electron chi connectivity index (χ4n) is 3.68. The third kappa shape index (κ3) is 2.84. The molecule has 1 aliphatic rings. The lowest BCUT2D eigenvalue weighted by atomic mass is 10.1. The second kappa shape index (κ2) is 6.35. The molecule has 136 valence electrons. The number of likely N-dealkylation sites (tertiary alicyclic amines) is 1. The van der Waals surface area contributed by atoms with Crippen LogP contribution in [0.1, 0.15) is 29.6 Å². The third-order valence-electron chi connectivity index (χ3n) is 5.10. The van der Waals surface area contributed by atoms with Crippen LogP contribution in [0.5, 0.6) is 0 Å². The molecule has 4 aromatic rings. The average molecular weight is 378 g/mol. The molecule has 27 heavy (non-hydrogen) atoms. The van der Waals surface area contributed by atoms with Gasteiger partial charge in [-0.3, -0.25) is 9.59 Å². The molecule has 0 saturated carbocycles. The van der Waals surface area contributed by atoms with Crippen molar-refractivity contribution in [1.29, 1.82) is 0 Å². The normalized spacial score (nSPS) is 14.9. The highest BCUT2D eigenvalue weighted by Crippen LogP contribution is 2.24. The number of aromatic amines is 2. The van der Waals surface area contributed by atoms with E-state index in [1.807, 2.05) is 39.9 Å². The van der Waals surface area contributed by atoms with Crippen molar-refractivity contribution in [3.63, 3.8) is 0 Å². The molecule has 3 aromatic heterocycles. The molecule has 1 fully saturated rings. The molecular formula is C20H18N4O2S. The van der Waals surface area contributed by atoms with E-state index in [4.69, 9.17) is 0 Å². The topological polar surface area (TPSA) is 81.8 Å². The summed E-state index contributed by atoms with van der Waals surface area (Å²) in [5.41, 5.74) is 3.88. The summed E-state index contributed by atoms with van der Waals surface area (Å²) in [5.74, 6) is 0.0787. The standard InChI is InChI=1S/C20H18N4O2S/c25-19-18(22-16-10-27-11-17(16)23-19)15-9-13-8-12(4-5-14(13)21-15)20(26)24-6-2-1-3-7-24/h4-5,8-11,21H,1-3,6-7H2,(H,23,25). The fraction of sp³-hybridized carbons (Fsp3) is 0.250. The Kier molecular flexibility index (Phi) is 3.82. The van der Waals surface area contributed by atoms with E-state index >= 15 is 0 Å². The summed E-state index contributed by atoms with van der Waals surface area (Å²) in [5, 5.41) is 4.68. The van der Waals surface area contributed by atoms with Gasteiger partial charge in [0.05, 0.1) is 16.7 Å². The van der Waals surface area contributed by atoms with Crippen LogP contribution in [0.4, 0.5) is 0 Å². The lowest BCUT2D eigenvalue weighted by Gasteiger charge is -2.26. The molecule has 2 N–H and O–H groups in total. The molecule has 1 aliphatic heterocycles. The molecule has 6 nitrogen and oxygen atoms in total. The minimum atomic E-state index is -0.225. The van der Waals surface area contributed by atoms with E-state index in [1.165, 1.54) is 17.8 Å². The Balaban J connectivity index is 1.54. The van der Waals surface area contributed by atoms with Gasteiger partial charge in [0.25, 0.3) is 11.5 Å². The molecule has 1 aromatic carbocycles. The molecule has 1 saturated heterocycles. The minimum Gasteiger partial charge on any atom is -0.353 e. The first-order valence-electron chi connectivity index (χ1n) is 9.08. The van der Waals surface area contributed by atoms with E-state index in [-0.39, 0.29) is 11.5 Å². The number of nitrogens with one attached hydrogen (secondary N) is 2. The zero-order valence-corrected chi connectivity index (χ0v) is 15.4. The van der Waals surface area contributed by atoms with Crippen molar-refractivity contribution in [3.05, 3.63) is 50.9 Å². The number of hydrogen-bond donors (Lipinski definition) is 2. The number of amides is 1. The van der Waals surface area contributed by atoms with Crippen LogP contribution in [0, 0.1) is 0 Å². The maximum Gasteiger partial charge on any atom is 0.276 e. The fourth-order valence-corrected chi connectivity index (χ4v) is 4.37. The predicted molar refractivity (Wildman–Crippen MR) is 107 cm³/mol. The Morgan fingerprint density at radius 1 is 1.04 bits per heavy atom. The van der Waals surface area contributed by atoms with Crippen LogP contribution >= 0.6 is 11.3 Å². The van der Waals surface area contributed by atoms with Gasteiger partial charge in [-0.2, -0.15) is 0 Å². The summed E-state index contributed by atoms with van der Waals surface area (Å²) in [7, 11) is 0. The Bertz CT molecular complexity index is 1210. The molecule has 0 unspecified atom stereocenters. The maximum atomic E-state index is 12.7. The van der Waals surface area contributed by atoms with Crippen LogP contribution in [0.2, 0.25) is 0 Å². The van der Waals surface area contributed by atoms with Gasteiger partial charge < -0.3 is 14.9 Å². The second-order valence-electron chi connectivity index (χ2n) is 6.92. The van der Waals surface area contributed by atoms with Gasteiger partial charge in [0.2, 0.25) is 0 Å². The molecule has 0 atom stereocenters. The Hall–Kier alpha value is -2.93. The van der Waals surface area contributed by atoms with Crippen LogP contribution < -0.4 is 5.56 Å². The summed E-state index contributed by atoms with van der Waals surface area (Å²) in [6.45, 7) is 1.66. The van der Waals surface area contributed by atoms with Gasteiger partial charge in [-0.15, -0.1) is 11.3 Å². The SMILES string of the molecule is O=C(c1ccc2[nH]c(-c3nc4cscc4[nH]c3=O)cc2c1)N1CCCCC1. The molecule has 0 aliphatic carbocycles. The maximum absolute atomic E-state index is 12.7. The number of rotatable bonds is 2. The van der Waals surface area contributed by atoms with E-state index < -0.39 is 0 Å². The van der Waals surface area contributed by atoms with Crippen molar-refractivity contribution in [2.75, 3.05) is 13.1 Å². The molecule has 0 bridgehead atoms. The number of carbonyl (C=O) groups is 1. The van der Waals surface area contributed by atoms with Crippen molar-refractivity contribution in [2.24, 2.45) is 0 Å². The summed E-state index contributed by atoms with van der Waals surface area (Å²) >= 11 is 1.50. The monoisotopic (exact) mass is 378 g/mol. The van der Waals surface area contributed by atoms with Gasteiger partial charge in [-0.1, -0.05) is 0 Å². The molecular weight excluding hydrogens is 360 g/mol. The second-order valence-corrected chi connectivity index (χ2v) is 7.67. The van der Waals surface area contributed by atoms with Crippen LogP contribution in [-0.4, -0.2) is 38.8 Å². The van der Waals surface area contributed by atoms with Gasteiger partial charge in [0.1, 0.15) is 0 Å². The highest BCUT2D eigenvalue weighted by molar-refractivity contribution is 7.09. The smallest absolute Gasteiger partial charge is 0.276 e. The van der Waals surface area contributed by atoms with E-state index in [9.17, 15) is 9.59 Å². The van der Waals surface area contributed by atoms with Crippen LogP contribution in [-0.2, 0) is 0 Å². The Labute approximate surface area is 158 Å². The number of nitrogens with zero attached hydrogens (tertiary/aromatic N) is 2. The van der Waals surface area contributed by atoms with Gasteiger partial charge in [-0.05, 0) is 43.5 Å². The number of thiophene rings is 1. The molecule has 7 heteroatoms. The first kappa shape index (κ1) is 16.3. The lowest BCUT2D eigenvalue weighted by molar-refractivity contribution is 0.0724. The molecule has 5 rings (SSSR count). The molecule has 4 heterocycles. The Morgan fingerprint density at radius 3 is 2.74 bits per heavy atom. The number of hydrogen-bond acceptors (Lipinski definition) is 4. The van der Waals surface area contributed by atoms with Gasteiger partial charge in [0, 0.05) is 40.3 Å². The first-order chi connectivity index (χ1) is 13.2. The van der Waals surface area contributed by atoms with Crippen molar-refractivity contribution < 1.29 is 4.79 Å². The van der Waals surface area contributed by atoms with Crippen molar-refractivity contribution >= 4 is 39.2 Å². The minimum absolute atomic E-state index is 0.0787. The van der Waals surface area contributed by atoms with E-state index in [2.05, 4.69) is 15.0 Å². The summed E-state index contributed by atoms with van der Waals surface area (Å²) in [4.78, 5) is 37.7. The quantitative estimate of drug-likeness (QED) is 0.557. The first-order valence-corrected chi connectivity index (χ1v) is 10.0. The van der Waals surface area contributed by atoms with Crippen molar-refractivity contribution in [2.45, 2.75) is 19.3 Å². The summed E-state index contributed by atoms with van der Waals surface area (Å²) in [6, 6.07) is 7.52. The van der Waals surface area contributed by atoms with Gasteiger partial charge >= 0.3 is 0 Å². The predicted octanol–water partition coefficient (Wildman–Crippen LogP) is 3.76. The number of aromatic nitrogens is 3. The highest BCUT2D eigenvalue weighted by atomic mass is 32.1. The van der Waals surface area contributed by atoms with E-state index in [0.717, 1.165) is 47.9 Å².